The molecule has 1 nitrogen and oxygen atoms in total. The number of benzene rings is 2. The zero-order valence-electron chi connectivity index (χ0n) is 10.4. The first-order chi connectivity index (χ1) is 8.83. The fourth-order valence-corrected chi connectivity index (χ4v) is 2.18. The summed E-state index contributed by atoms with van der Waals surface area (Å²) in [6.45, 7) is 1.94. The van der Waals surface area contributed by atoms with Gasteiger partial charge in [0.25, 0.3) is 0 Å². The highest BCUT2D eigenvalue weighted by Gasteiger charge is 2.30. The molecule has 0 aliphatic rings. The summed E-state index contributed by atoms with van der Waals surface area (Å²) >= 11 is 0. The van der Waals surface area contributed by atoms with Crippen LogP contribution in [-0.2, 0) is 5.41 Å². The Labute approximate surface area is 108 Å². The molecule has 0 saturated carbocycles. The number of hydrogen-bond acceptors (Lipinski definition) is 1. The summed E-state index contributed by atoms with van der Waals surface area (Å²) in [7, 11) is 0. The maximum absolute atomic E-state index is 9.71. The smallest absolute Gasteiger partial charge is 0.125 e. The Balaban J connectivity index is 2.66. The van der Waals surface area contributed by atoms with Crippen molar-refractivity contribution in [3.63, 3.8) is 0 Å². The molecule has 1 heteroatoms. The molecular formula is C17H15N. The highest BCUT2D eigenvalue weighted by Crippen LogP contribution is 2.33. The van der Waals surface area contributed by atoms with E-state index in [1.54, 1.807) is 0 Å². The molecule has 0 unspecified atom stereocenters. The minimum atomic E-state index is -0.697. The van der Waals surface area contributed by atoms with Crippen molar-refractivity contribution in [3.05, 3.63) is 83.9 Å². The molecule has 2 rings (SSSR count). The van der Waals surface area contributed by atoms with Crippen LogP contribution >= 0.6 is 0 Å². The molecule has 0 fully saturated rings. The SMILES string of the molecule is CC=CC(C#N)(c1ccccc1)c1ccccc1. The Morgan fingerprint density at radius 3 is 1.67 bits per heavy atom. The summed E-state index contributed by atoms with van der Waals surface area (Å²) < 4.78 is 0. The summed E-state index contributed by atoms with van der Waals surface area (Å²) in [6.07, 6.45) is 3.89. The van der Waals surface area contributed by atoms with Crippen LogP contribution < -0.4 is 0 Å². The summed E-state index contributed by atoms with van der Waals surface area (Å²) in [5.74, 6) is 0. The molecule has 0 spiro atoms. The zero-order chi connectivity index (χ0) is 12.8. The second kappa shape index (κ2) is 5.33. The van der Waals surface area contributed by atoms with Crippen LogP contribution in [0.3, 0.4) is 0 Å². The van der Waals surface area contributed by atoms with Crippen molar-refractivity contribution < 1.29 is 0 Å². The lowest BCUT2D eigenvalue weighted by Crippen LogP contribution is -2.22. The standard InChI is InChI=1S/C17H15N/c1-2-13-17(14-18,15-9-5-3-6-10-15)16-11-7-4-8-12-16/h2-13H,1H3. The quantitative estimate of drug-likeness (QED) is 0.733. The lowest BCUT2D eigenvalue weighted by atomic mass is 9.75. The summed E-state index contributed by atoms with van der Waals surface area (Å²) in [6, 6.07) is 22.2. The molecule has 0 aliphatic heterocycles. The third-order valence-corrected chi connectivity index (χ3v) is 3.05. The lowest BCUT2D eigenvalue weighted by Gasteiger charge is -2.24. The predicted octanol–water partition coefficient (Wildman–Crippen LogP) is 4.07. The van der Waals surface area contributed by atoms with Gasteiger partial charge in [0.15, 0.2) is 0 Å². The van der Waals surface area contributed by atoms with Crippen molar-refractivity contribution >= 4 is 0 Å². The summed E-state index contributed by atoms with van der Waals surface area (Å²) in [4.78, 5) is 0. The van der Waals surface area contributed by atoms with Crippen molar-refractivity contribution in [1.82, 2.24) is 0 Å². The van der Waals surface area contributed by atoms with E-state index in [4.69, 9.17) is 0 Å². The van der Waals surface area contributed by atoms with Gasteiger partial charge >= 0.3 is 0 Å². The van der Waals surface area contributed by atoms with E-state index < -0.39 is 5.41 Å². The van der Waals surface area contributed by atoms with Gasteiger partial charge in [-0.05, 0) is 18.1 Å². The van der Waals surface area contributed by atoms with Gasteiger partial charge in [0.2, 0.25) is 0 Å². The van der Waals surface area contributed by atoms with Crippen molar-refractivity contribution in [2.45, 2.75) is 12.3 Å². The maximum atomic E-state index is 9.71. The molecule has 0 amide bonds. The number of hydrogen-bond donors (Lipinski definition) is 0. The minimum Gasteiger partial charge on any atom is -0.197 e. The Kier molecular flexibility index (Phi) is 3.60. The molecule has 0 atom stereocenters. The van der Waals surface area contributed by atoms with Crippen LogP contribution in [0.1, 0.15) is 18.1 Å². The van der Waals surface area contributed by atoms with Crippen LogP contribution in [0.2, 0.25) is 0 Å². The van der Waals surface area contributed by atoms with Gasteiger partial charge in [-0.25, -0.2) is 0 Å². The fourth-order valence-electron chi connectivity index (χ4n) is 2.18. The second-order valence-electron chi connectivity index (χ2n) is 4.15. The zero-order valence-corrected chi connectivity index (χ0v) is 10.4. The van der Waals surface area contributed by atoms with Gasteiger partial charge in [-0.1, -0.05) is 72.8 Å². The van der Waals surface area contributed by atoms with E-state index in [-0.39, 0.29) is 0 Å². The highest BCUT2D eigenvalue weighted by molar-refractivity contribution is 5.50. The topological polar surface area (TPSA) is 23.8 Å². The molecule has 0 N–H and O–H groups in total. The van der Waals surface area contributed by atoms with Crippen LogP contribution in [0.4, 0.5) is 0 Å². The van der Waals surface area contributed by atoms with Gasteiger partial charge < -0.3 is 0 Å². The Morgan fingerprint density at radius 1 is 0.889 bits per heavy atom. The minimum absolute atomic E-state index is 0.697. The Hall–Kier alpha value is -2.33. The van der Waals surface area contributed by atoms with E-state index in [1.165, 1.54) is 0 Å². The third-order valence-electron chi connectivity index (χ3n) is 3.05. The first-order valence-electron chi connectivity index (χ1n) is 5.99. The molecule has 0 radical (unpaired) electrons. The van der Waals surface area contributed by atoms with Crippen molar-refractivity contribution in [3.8, 4) is 6.07 Å². The predicted molar refractivity (Wildman–Crippen MR) is 74.1 cm³/mol. The first kappa shape index (κ1) is 12.1. The van der Waals surface area contributed by atoms with Gasteiger partial charge in [0.05, 0.1) is 6.07 Å². The number of nitrogens with zero attached hydrogens (tertiary/aromatic N) is 1. The number of allylic oxidation sites excluding steroid dienone is 2. The van der Waals surface area contributed by atoms with E-state index in [2.05, 4.69) is 6.07 Å². The third kappa shape index (κ3) is 2.06. The molecule has 2 aromatic rings. The molecule has 0 aliphatic carbocycles. The van der Waals surface area contributed by atoms with Gasteiger partial charge in [-0.15, -0.1) is 0 Å². The highest BCUT2D eigenvalue weighted by atomic mass is 14.4. The monoisotopic (exact) mass is 233 g/mol. The van der Waals surface area contributed by atoms with Crippen molar-refractivity contribution in [2.75, 3.05) is 0 Å². The van der Waals surface area contributed by atoms with Crippen LogP contribution in [0.15, 0.2) is 72.8 Å². The average Bonchev–Trinajstić information content (AvgIpc) is 2.47. The number of nitriles is 1. The van der Waals surface area contributed by atoms with Crippen molar-refractivity contribution in [2.24, 2.45) is 0 Å². The van der Waals surface area contributed by atoms with Gasteiger partial charge in [-0.3, -0.25) is 0 Å². The molecule has 0 heterocycles. The molecule has 88 valence electrons. The van der Waals surface area contributed by atoms with Gasteiger partial charge in [0.1, 0.15) is 5.41 Å². The van der Waals surface area contributed by atoms with Gasteiger partial charge in [0, 0.05) is 0 Å². The van der Waals surface area contributed by atoms with E-state index in [0.29, 0.717) is 0 Å². The molecular weight excluding hydrogens is 218 g/mol. The molecule has 0 aromatic heterocycles. The fraction of sp³-hybridized carbons (Fsp3) is 0.118. The van der Waals surface area contributed by atoms with E-state index in [1.807, 2.05) is 79.7 Å². The van der Waals surface area contributed by atoms with Crippen LogP contribution in [0.5, 0.6) is 0 Å². The molecule has 18 heavy (non-hydrogen) atoms. The first-order valence-corrected chi connectivity index (χ1v) is 5.99. The van der Waals surface area contributed by atoms with Crippen LogP contribution in [0.25, 0.3) is 0 Å². The van der Waals surface area contributed by atoms with E-state index in [9.17, 15) is 5.26 Å². The Morgan fingerprint density at radius 2 is 1.33 bits per heavy atom. The second-order valence-corrected chi connectivity index (χ2v) is 4.15. The van der Waals surface area contributed by atoms with Crippen LogP contribution in [-0.4, -0.2) is 0 Å². The van der Waals surface area contributed by atoms with E-state index in [0.717, 1.165) is 11.1 Å². The lowest BCUT2D eigenvalue weighted by molar-refractivity contribution is 0.830. The van der Waals surface area contributed by atoms with Gasteiger partial charge in [-0.2, -0.15) is 5.26 Å². The maximum Gasteiger partial charge on any atom is 0.125 e. The Bertz CT molecular complexity index is 522. The molecule has 0 bridgehead atoms. The van der Waals surface area contributed by atoms with Crippen molar-refractivity contribution in [1.29, 1.82) is 5.26 Å². The summed E-state index contributed by atoms with van der Waals surface area (Å²) in [5, 5.41) is 9.71. The average molecular weight is 233 g/mol. The number of rotatable bonds is 3. The normalized spacial score (nSPS) is 11.3. The molecule has 0 saturated heterocycles. The molecule has 2 aromatic carbocycles. The van der Waals surface area contributed by atoms with E-state index >= 15 is 0 Å². The van der Waals surface area contributed by atoms with Crippen LogP contribution in [0, 0.1) is 11.3 Å². The summed E-state index contributed by atoms with van der Waals surface area (Å²) in [5.41, 5.74) is 1.30. The largest absolute Gasteiger partial charge is 0.197 e.